The van der Waals surface area contributed by atoms with Gasteiger partial charge in [0.05, 0.1) is 5.25 Å². The molecular formula is C15H24N2OS. The number of benzene rings is 1. The van der Waals surface area contributed by atoms with Crippen LogP contribution < -0.4 is 11.1 Å². The second kappa shape index (κ2) is 7.43. The molecule has 0 radical (unpaired) electrons. The highest BCUT2D eigenvalue weighted by molar-refractivity contribution is 8.00. The van der Waals surface area contributed by atoms with Gasteiger partial charge in [0.15, 0.2) is 0 Å². The van der Waals surface area contributed by atoms with Crippen molar-refractivity contribution in [2.45, 2.75) is 44.3 Å². The Morgan fingerprint density at radius 3 is 2.63 bits per heavy atom. The summed E-state index contributed by atoms with van der Waals surface area (Å²) in [6, 6.07) is 5.88. The van der Waals surface area contributed by atoms with Gasteiger partial charge in [-0.15, -0.1) is 11.8 Å². The molecule has 0 fully saturated rings. The molecule has 1 unspecified atom stereocenters. The number of rotatable bonds is 6. The maximum absolute atomic E-state index is 11.9. The summed E-state index contributed by atoms with van der Waals surface area (Å²) in [5, 5.41) is 2.89. The zero-order valence-corrected chi connectivity index (χ0v) is 13.0. The van der Waals surface area contributed by atoms with Gasteiger partial charge in [0.1, 0.15) is 0 Å². The molecule has 0 aromatic heterocycles. The molecule has 0 aliphatic heterocycles. The molecular weight excluding hydrogens is 256 g/mol. The van der Waals surface area contributed by atoms with E-state index in [4.69, 9.17) is 5.73 Å². The molecule has 1 rings (SSSR count). The highest BCUT2D eigenvalue weighted by Crippen LogP contribution is 2.26. The molecule has 106 valence electrons. The van der Waals surface area contributed by atoms with E-state index in [1.165, 1.54) is 0 Å². The summed E-state index contributed by atoms with van der Waals surface area (Å²) in [5.74, 6) is 0.711. The third-order valence-electron chi connectivity index (χ3n) is 2.94. The van der Waals surface area contributed by atoms with E-state index in [-0.39, 0.29) is 11.2 Å². The normalized spacial score (nSPS) is 12.5. The van der Waals surface area contributed by atoms with Gasteiger partial charge in [-0.3, -0.25) is 4.79 Å². The lowest BCUT2D eigenvalue weighted by Gasteiger charge is -2.13. The van der Waals surface area contributed by atoms with Gasteiger partial charge in [0, 0.05) is 17.1 Å². The SMILES string of the molecule is Cc1cc(SC(C)C(=O)NCCC(C)C)ccc1N. The summed E-state index contributed by atoms with van der Waals surface area (Å²) in [6.07, 6.45) is 1.02. The number of aryl methyl sites for hydroxylation is 1. The number of anilines is 1. The number of nitrogen functional groups attached to an aromatic ring is 1. The van der Waals surface area contributed by atoms with Crippen LogP contribution in [-0.2, 0) is 4.79 Å². The fourth-order valence-corrected chi connectivity index (χ4v) is 2.60. The van der Waals surface area contributed by atoms with E-state index in [1.807, 2.05) is 32.0 Å². The Kier molecular flexibility index (Phi) is 6.22. The molecule has 3 N–H and O–H groups in total. The zero-order chi connectivity index (χ0) is 14.4. The van der Waals surface area contributed by atoms with Crippen LogP contribution in [-0.4, -0.2) is 17.7 Å². The fourth-order valence-electron chi connectivity index (χ4n) is 1.61. The monoisotopic (exact) mass is 280 g/mol. The smallest absolute Gasteiger partial charge is 0.233 e. The molecule has 0 saturated carbocycles. The predicted octanol–water partition coefficient (Wildman–Crippen LogP) is 3.22. The van der Waals surface area contributed by atoms with Gasteiger partial charge in [0.25, 0.3) is 0 Å². The maximum Gasteiger partial charge on any atom is 0.233 e. The molecule has 1 atom stereocenters. The molecule has 3 nitrogen and oxygen atoms in total. The Labute approximate surface area is 120 Å². The molecule has 0 aliphatic carbocycles. The Hall–Kier alpha value is -1.16. The summed E-state index contributed by atoms with van der Waals surface area (Å²) >= 11 is 1.57. The van der Waals surface area contributed by atoms with Crippen molar-refractivity contribution in [3.05, 3.63) is 23.8 Å². The predicted molar refractivity (Wildman–Crippen MR) is 83.4 cm³/mol. The van der Waals surface area contributed by atoms with E-state index >= 15 is 0 Å². The first-order valence-corrected chi connectivity index (χ1v) is 7.58. The first-order chi connectivity index (χ1) is 8.90. The van der Waals surface area contributed by atoms with Gasteiger partial charge in [-0.05, 0) is 49.9 Å². The lowest BCUT2D eigenvalue weighted by Crippen LogP contribution is -2.32. The molecule has 0 spiro atoms. The minimum absolute atomic E-state index is 0.0878. The molecule has 0 heterocycles. The Bertz CT molecular complexity index is 432. The van der Waals surface area contributed by atoms with Gasteiger partial charge >= 0.3 is 0 Å². The Morgan fingerprint density at radius 2 is 2.05 bits per heavy atom. The number of amides is 1. The summed E-state index contributed by atoms with van der Waals surface area (Å²) in [6.45, 7) is 8.97. The number of hydrogen-bond acceptors (Lipinski definition) is 3. The highest BCUT2D eigenvalue weighted by atomic mass is 32.2. The van der Waals surface area contributed by atoms with Gasteiger partial charge in [-0.2, -0.15) is 0 Å². The third-order valence-corrected chi connectivity index (χ3v) is 4.04. The summed E-state index contributed by atoms with van der Waals surface area (Å²) in [4.78, 5) is 13.0. The maximum atomic E-state index is 11.9. The first-order valence-electron chi connectivity index (χ1n) is 6.70. The van der Waals surface area contributed by atoms with E-state index in [0.29, 0.717) is 5.92 Å². The van der Waals surface area contributed by atoms with Crippen molar-refractivity contribution in [3.63, 3.8) is 0 Å². The van der Waals surface area contributed by atoms with Crippen LogP contribution >= 0.6 is 11.8 Å². The second-order valence-corrected chi connectivity index (χ2v) is 6.67. The van der Waals surface area contributed by atoms with Crippen LogP contribution in [0.1, 0.15) is 32.8 Å². The number of nitrogens with two attached hydrogens (primary N) is 1. The molecule has 0 aliphatic rings. The summed E-state index contributed by atoms with van der Waals surface area (Å²) < 4.78 is 0. The van der Waals surface area contributed by atoms with E-state index in [9.17, 15) is 4.79 Å². The van der Waals surface area contributed by atoms with E-state index in [2.05, 4.69) is 19.2 Å². The van der Waals surface area contributed by atoms with Gasteiger partial charge < -0.3 is 11.1 Å². The van der Waals surface area contributed by atoms with Gasteiger partial charge in [-0.25, -0.2) is 0 Å². The zero-order valence-electron chi connectivity index (χ0n) is 12.2. The number of carbonyl (C=O) groups is 1. The Balaban J connectivity index is 2.47. The molecule has 1 amide bonds. The van der Waals surface area contributed by atoms with E-state index in [0.717, 1.165) is 29.1 Å². The van der Waals surface area contributed by atoms with E-state index in [1.54, 1.807) is 11.8 Å². The van der Waals surface area contributed by atoms with Crippen LogP contribution in [0.4, 0.5) is 5.69 Å². The van der Waals surface area contributed by atoms with Crippen molar-refractivity contribution in [2.75, 3.05) is 12.3 Å². The fraction of sp³-hybridized carbons (Fsp3) is 0.533. The second-order valence-electron chi connectivity index (χ2n) is 5.25. The van der Waals surface area contributed by atoms with Crippen LogP contribution in [0.3, 0.4) is 0 Å². The average molecular weight is 280 g/mol. The highest BCUT2D eigenvalue weighted by Gasteiger charge is 2.14. The van der Waals surface area contributed by atoms with Crippen LogP contribution in [0.15, 0.2) is 23.1 Å². The van der Waals surface area contributed by atoms with Crippen LogP contribution in [0.25, 0.3) is 0 Å². The topological polar surface area (TPSA) is 55.1 Å². The van der Waals surface area contributed by atoms with Crippen molar-refractivity contribution in [3.8, 4) is 0 Å². The van der Waals surface area contributed by atoms with Crippen LogP contribution in [0.5, 0.6) is 0 Å². The largest absolute Gasteiger partial charge is 0.399 e. The molecule has 0 bridgehead atoms. The lowest BCUT2D eigenvalue weighted by atomic mass is 10.1. The number of nitrogens with one attached hydrogen (secondary N) is 1. The molecule has 1 aromatic rings. The van der Waals surface area contributed by atoms with Crippen molar-refractivity contribution >= 4 is 23.4 Å². The van der Waals surface area contributed by atoms with Crippen molar-refractivity contribution < 1.29 is 4.79 Å². The average Bonchev–Trinajstić information content (AvgIpc) is 2.33. The van der Waals surface area contributed by atoms with Gasteiger partial charge in [-0.1, -0.05) is 13.8 Å². The minimum Gasteiger partial charge on any atom is -0.399 e. The van der Waals surface area contributed by atoms with Crippen molar-refractivity contribution in [2.24, 2.45) is 5.92 Å². The number of carbonyl (C=O) groups excluding carboxylic acids is 1. The standard InChI is InChI=1S/C15H24N2OS/c1-10(2)7-8-17-15(18)12(4)19-13-5-6-14(16)11(3)9-13/h5-6,9-10,12H,7-8,16H2,1-4H3,(H,17,18). The number of thioether (sulfide) groups is 1. The molecule has 0 saturated heterocycles. The lowest BCUT2D eigenvalue weighted by molar-refractivity contribution is -0.120. The van der Waals surface area contributed by atoms with Crippen molar-refractivity contribution in [1.29, 1.82) is 0 Å². The molecule has 19 heavy (non-hydrogen) atoms. The van der Waals surface area contributed by atoms with Gasteiger partial charge in [0.2, 0.25) is 5.91 Å². The molecule has 4 heteroatoms. The quantitative estimate of drug-likeness (QED) is 0.621. The Morgan fingerprint density at radius 1 is 1.37 bits per heavy atom. The van der Waals surface area contributed by atoms with E-state index < -0.39 is 0 Å². The first kappa shape index (κ1) is 15.9. The van der Waals surface area contributed by atoms with Crippen molar-refractivity contribution in [1.82, 2.24) is 5.32 Å². The summed E-state index contributed by atoms with van der Waals surface area (Å²) in [7, 11) is 0. The molecule has 1 aromatic carbocycles. The summed E-state index contributed by atoms with van der Waals surface area (Å²) in [5.41, 5.74) is 7.63. The van der Waals surface area contributed by atoms with Crippen LogP contribution in [0, 0.1) is 12.8 Å². The number of hydrogen-bond donors (Lipinski definition) is 2. The minimum atomic E-state index is -0.0878. The van der Waals surface area contributed by atoms with Crippen LogP contribution in [0.2, 0.25) is 0 Å². The third kappa shape index (κ3) is 5.55.